The Morgan fingerprint density at radius 3 is 2.27 bits per heavy atom. The van der Waals surface area contributed by atoms with Crippen LogP contribution in [-0.2, 0) is 6.42 Å². The molecule has 0 saturated carbocycles. The van der Waals surface area contributed by atoms with Crippen molar-refractivity contribution in [3.8, 4) is 0 Å². The molecule has 0 bridgehead atoms. The van der Waals surface area contributed by atoms with Crippen LogP contribution in [0.25, 0.3) is 0 Å². The van der Waals surface area contributed by atoms with Gasteiger partial charge in [0, 0.05) is 5.38 Å². The molecule has 2 heteroatoms. The van der Waals surface area contributed by atoms with Crippen LogP contribution in [0.5, 0.6) is 0 Å². The molecule has 1 rings (SSSR count). The second-order valence-electron chi connectivity index (χ2n) is 2.47. The molecule has 0 fully saturated rings. The fourth-order valence-corrected chi connectivity index (χ4v) is 1.12. The highest BCUT2D eigenvalue weighted by Gasteiger charge is 1.96. The molecule has 0 aliphatic carbocycles. The van der Waals surface area contributed by atoms with Crippen molar-refractivity contribution in [2.75, 3.05) is 0 Å². The molecule has 1 atom stereocenters. The van der Waals surface area contributed by atoms with Gasteiger partial charge in [0.15, 0.2) is 0 Å². The van der Waals surface area contributed by atoms with Crippen LogP contribution in [0.4, 0.5) is 0 Å². The third-order valence-electron chi connectivity index (χ3n) is 1.36. The minimum absolute atomic E-state index is 0. The quantitative estimate of drug-likeness (QED) is 0.683. The first kappa shape index (κ1) is 10.5. The van der Waals surface area contributed by atoms with Crippen LogP contribution in [0.15, 0.2) is 30.3 Å². The summed E-state index contributed by atoms with van der Waals surface area (Å²) in [5, 5.41) is 0.238. The Morgan fingerprint density at radius 1 is 1.27 bits per heavy atom. The number of alkyl halides is 1. The van der Waals surface area contributed by atoms with Crippen molar-refractivity contribution in [2.24, 2.45) is 0 Å². The maximum atomic E-state index is 5.81. The number of benzene rings is 1. The monoisotopic (exact) mass is 171 g/mol. The van der Waals surface area contributed by atoms with Crippen LogP contribution in [0, 0.1) is 0 Å². The lowest BCUT2D eigenvalue weighted by Gasteiger charge is -2.00. The van der Waals surface area contributed by atoms with Gasteiger partial charge in [0.2, 0.25) is 0 Å². The lowest BCUT2D eigenvalue weighted by Crippen LogP contribution is -1.95. The third kappa shape index (κ3) is 4.02. The molecule has 0 spiro atoms. The summed E-state index contributed by atoms with van der Waals surface area (Å²) in [5.41, 5.74) is 1.31. The van der Waals surface area contributed by atoms with Crippen molar-refractivity contribution < 1.29 is 0 Å². The second kappa shape index (κ2) is 5.16. The zero-order valence-electron chi connectivity index (χ0n) is 6.76. The number of hydrogen-bond acceptors (Lipinski definition) is 1. The first-order chi connectivity index (χ1) is 4.79. The summed E-state index contributed by atoms with van der Waals surface area (Å²) in [5.74, 6) is 0. The van der Waals surface area contributed by atoms with Gasteiger partial charge in [-0.15, -0.1) is 11.6 Å². The number of hydrogen-bond donors (Lipinski definition) is 1. The fraction of sp³-hybridized carbons (Fsp3) is 0.333. The summed E-state index contributed by atoms with van der Waals surface area (Å²) in [6.07, 6.45) is 0.961. The predicted octanol–water partition coefficient (Wildman–Crippen LogP) is 3.02. The molecule has 0 aliphatic heterocycles. The molecule has 11 heavy (non-hydrogen) atoms. The van der Waals surface area contributed by atoms with Crippen LogP contribution in [0.1, 0.15) is 12.5 Å². The average molecular weight is 172 g/mol. The normalized spacial score (nSPS) is 11.8. The smallest absolute Gasteiger partial charge is 0.0348 e. The van der Waals surface area contributed by atoms with Crippen LogP contribution in [-0.4, -0.2) is 5.38 Å². The summed E-state index contributed by atoms with van der Waals surface area (Å²) < 4.78 is 0. The molecule has 1 nitrogen and oxygen atoms in total. The van der Waals surface area contributed by atoms with E-state index >= 15 is 0 Å². The second-order valence-corrected chi connectivity index (χ2v) is 3.22. The third-order valence-corrected chi connectivity index (χ3v) is 1.51. The van der Waals surface area contributed by atoms with Crippen LogP contribution in [0.3, 0.4) is 0 Å². The molecule has 0 amide bonds. The summed E-state index contributed by atoms with van der Waals surface area (Å²) in [6.45, 7) is 2.01. The molecule has 1 aromatic rings. The van der Waals surface area contributed by atoms with Crippen molar-refractivity contribution in [2.45, 2.75) is 18.7 Å². The van der Waals surface area contributed by atoms with Gasteiger partial charge in [-0.05, 0) is 18.9 Å². The van der Waals surface area contributed by atoms with E-state index < -0.39 is 0 Å². The zero-order chi connectivity index (χ0) is 7.40. The van der Waals surface area contributed by atoms with Gasteiger partial charge in [-0.3, -0.25) is 0 Å². The van der Waals surface area contributed by atoms with Gasteiger partial charge >= 0.3 is 0 Å². The molecule has 3 N–H and O–H groups in total. The fourth-order valence-electron chi connectivity index (χ4n) is 0.939. The summed E-state index contributed by atoms with van der Waals surface area (Å²) >= 11 is 5.81. The molecular formula is C9H14ClN. The van der Waals surface area contributed by atoms with E-state index in [1.165, 1.54) is 5.56 Å². The van der Waals surface area contributed by atoms with Crippen molar-refractivity contribution in [3.05, 3.63) is 35.9 Å². The van der Waals surface area contributed by atoms with E-state index in [9.17, 15) is 0 Å². The SMILES string of the molecule is CC(Cl)Cc1ccccc1.N. The molecule has 0 saturated heterocycles. The minimum atomic E-state index is 0. The highest BCUT2D eigenvalue weighted by atomic mass is 35.5. The van der Waals surface area contributed by atoms with Crippen LogP contribution in [0.2, 0.25) is 0 Å². The van der Waals surface area contributed by atoms with Crippen molar-refractivity contribution >= 4 is 11.6 Å². The summed E-state index contributed by atoms with van der Waals surface area (Å²) in [7, 11) is 0. The van der Waals surface area contributed by atoms with Crippen LogP contribution >= 0.6 is 11.6 Å². The minimum Gasteiger partial charge on any atom is -0.344 e. The van der Waals surface area contributed by atoms with E-state index in [1.807, 2.05) is 25.1 Å². The lowest BCUT2D eigenvalue weighted by atomic mass is 10.1. The Morgan fingerprint density at radius 2 is 1.82 bits per heavy atom. The van der Waals surface area contributed by atoms with Crippen molar-refractivity contribution in [1.82, 2.24) is 6.15 Å². The van der Waals surface area contributed by atoms with Crippen LogP contribution < -0.4 is 6.15 Å². The molecule has 0 heterocycles. The maximum Gasteiger partial charge on any atom is 0.0348 e. The van der Waals surface area contributed by atoms with Crippen molar-refractivity contribution in [3.63, 3.8) is 0 Å². The Balaban J connectivity index is 0.000001000. The van der Waals surface area contributed by atoms with E-state index in [0.717, 1.165) is 6.42 Å². The Hall–Kier alpha value is -0.530. The number of halogens is 1. The largest absolute Gasteiger partial charge is 0.344 e. The molecule has 1 aromatic carbocycles. The molecule has 62 valence electrons. The van der Waals surface area contributed by atoms with Gasteiger partial charge in [0.1, 0.15) is 0 Å². The highest BCUT2D eigenvalue weighted by molar-refractivity contribution is 6.20. The molecule has 0 aliphatic rings. The standard InChI is InChI=1S/C9H11Cl.H3N/c1-8(10)7-9-5-3-2-4-6-9;/h2-6,8H,7H2,1H3;1H3. The summed E-state index contributed by atoms with van der Waals surface area (Å²) in [6, 6.07) is 10.3. The summed E-state index contributed by atoms with van der Waals surface area (Å²) in [4.78, 5) is 0. The molecule has 0 radical (unpaired) electrons. The van der Waals surface area contributed by atoms with Gasteiger partial charge in [-0.1, -0.05) is 30.3 Å². The Kier molecular flexibility index (Phi) is 4.92. The highest BCUT2D eigenvalue weighted by Crippen LogP contribution is 2.06. The van der Waals surface area contributed by atoms with Gasteiger partial charge in [0.25, 0.3) is 0 Å². The van der Waals surface area contributed by atoms with E-state index in [0.29, 0.717) is 0 Å². The molecular weight excluding hydrogens is 158 g/mol. The van der Waals surface area contributed by atoms with Gasteiger partial charge in [-0.2, -0.15) is 0 Å². The first-order valence-electron chi connectivity index (χ1n) is 3.47. The van der Waals surface area contributed by atoms with Crippen molar-refractivity contribution in [1.29, 1.82) is 0 Å². The Bertz CT molecular complexity index is 184. The molecule has 0 aromatic heterocycles. The molecule has 1 unspecified atom stereocenters. The average Bonchev–Trinajstić information content (AvgIpc) is 1.88. The lowest BCUT2D eigenvalue weighted by molar-refractivity contribution is 0.931. The van der Waals surface area contributed by atoms with E-state index in [4.69, 9.17) is 11.6 Å². The van der Waals surface area contributed by atoms with Gasteiger partial charge in [-0.25, -0.2) is 0 Å². The topological polar surface area (TPSA) is 35.0 Å². The zero-order valence-corrected chi connectivity index (χ0v) is 7.51. The number of rotatable bonds is 2. The predicted molar refractivity (Wildman–Crippen MR) is 50.5 cm³/mol. The maximum absolute atomic E-state index is 5.81. The van der Waals surface area contributed by atoms with Gasteiger partial charge < -0.3 is 6.15 Å². The first-order valence-corrected chi connectivity index (χ1v) is 3.90. The Labute approximate surface area is 73.0 Å². The van der Waals surface area contributed by atoms with E-state index in [2.05, 4.69) is 12.1 Å². The van der Waals surface area contributed by atoms with E-state index in [1.54, 1.807) is 0 Å². The van der Waals surface area contributed by atoms with E-state index in [-0.39, 0.29) is 11.5 Å². The van der Waals surface area contributed by atoms with Gasteiger partial charge in [0.05, 0.1) is 0 Å².